The minimum atomic E-state index is -0.864. The lowest BCUT2D eigenvalue weighted by atomic mass is 9.79. The Labute approximate surface area is 146 Å². The zero-order valence-corrected chi connectivity index (χ0v) is 14.1. The molecule has 0 saturated heterocycles. The van der Waals surface area contributed by atoms with Crippen LogP contribution < -0.4 is 11.1 Å². The number of carbonyl (C=O) groups is 2. The number of hydrogen-bond donors (Lipinski definition) is 2. The zero-order chi connectivity index (χ0) is 18.0. The average molecular weight is 350 g/mol. The number of nitrogens with two attached hydrogens (primary N) is 1. The van der Waals surface area contributed by atoms with Crippen molar-refractivity contribution < 1.29 is 18.4 Å². The van der Waals surface area contributed by atoms with Crippen LogP contribution in [-0.2, 0) is 15.0 Å². The Morgan fingerprint density at radius 1 is 1.24 bits per heavy atom. The molecule has 2 saturated carbocycles. The quantitative estimate of drug-likeness (QED) is 0.774. The van der Waals surface area contributed by atoms with Crippen LogP contribution in [0.25, 0.3) is 0 Å². The largest absolute Gasteiger partial charge is 0.354 e. The van der Waals surface area contributed by atoms with Gasteiger partial charge in [-0.3, -0.25) is 4.79 Å². The second-order valence-corrected chi connectivity index (χ2v) is 7.46. The van der Waals surface area contributed by atoms with Crippen molar-refractivity contribution in [3.05, 3.63) is 35.4 Å². The van der Waals surface area contributed by atoms with Gasteiger partial charge in [0.1, 0.15) is 6.29 Å². The summed E-state index contributed by atoms with van der Waals surface area (Å²) in [4.78, 5) is 23.2. The summed E-state index contributed by atoms with van der Waals surface area (Å²) in [6.45, 7) is 0.383. The number of benzene rings is 1. The number of nitrogens with one attached hydrogen (secondary N) is 1. The van der Waals surface area contributed by atoms with E-state index >= 15 is 0 Å². The van der Waals surface area contributed by atoms with E-state index in [0.717, 1.165) is 50.9 Å². The fourth-order valence-electron chi connectivity index (χ4n) is 3.77. The van der Waals surface area contributed by atoms with E-state index in [0.29, 0.717) is 12.1 Å². The molecule has 3 rings (SSSR count). The van der Waals surface area contributed by atoms with E-state index < -0.39 is 17.7 Å². The molecule has 1 unspecified atom stereocenters. The first-order valence-electron chi connectivity index (χ1n) is 8.89. The van der Waals surface area contributed by atoms with Gasteiger partial charge in [-0.25, -0.2) is 8.78 Å². The van der Waals surface area contributed by atoms with Crippen LogP contribution in [0, 0.1) is 23.5 Å². The topological polar surface area (TPSA) is 72.2 Å². The Balaban J connectivity index is 1.55. The van der Waals surface area contributed by atoms with E-state index in [1.54, 1.807) is 6.07 Å². The number of halogens is 2. The lowest BCUT2D eigenvalue weighted by molar-refractivity contribution is -0.124. The van der Waals surface area contributed by atoms with E-state index in [2.05, 4.69) is 5.32 Å². The van der Waals surface area contributed by atoms with E-state index in [9.17, 15) is 18.4 Å². The van der Waals surface area contributed by atoms with Gasteiger partial charge in [0.25, 0.3) is 0 Å². The van der Waals surface area contributed by atoms with Gasteiger partial charge in [0.05, 0.1) is 6.04 Å². The lowest BCUT2D eigenvalue weighted by Gasteiger charge is -2.29. The molecule has 1 aromatic rings. The Hall–Kier alpha value is -1.82. The van der Waals surface area contributed by atoms with E-state index in [1.807, 2.05) is 0 Å². The summed E-state index contributed by atoms with van der Waals surface area (Å²) >= 11 is 0. The van der Waals surface area contributed by atoms with Crippen molar-refractivity contribution in [2.45, 2.75) is 50.0 Å². The number of carbonyl (C=O) groups excluding carboxylic acids is 2. The predicted octanol–water partition coefficient (Wildman–Crippen LogP) is 2.45. The molecule has 2 fully saturated rings. The molecular weight excluding hydrogens is 326 g/mol. The van der Waals surface area contributed by atoms with Crippen LogP contribution in [0.4, 0.5) is 8.78 Å². The van der Waals surface area contributed by atoms with Crippen LogP contribution in [0.5, 0.6) is 0 Å². The molecule has 1 aromatic carbocycles. The smallest absolute Gasteiger partial charge is 0.237 e. The Kier molecular flexibility index (Phi) is 5.18. The number of aldehydes is 1. The summed E-state index contributed by atoms with van der Waals surface area (Å²) in [5.74, 6) is -1.75. The third-order valence-corrected chi connectivity index (χ3v) is 5.81. The molecular formula is C19H24F2N2O2. The molecule has 3 N–H and O–H groups in total. The van der Waals surface area contributed by atoms with Crippen LogP contribution in [0.3, 0.4) is 0 Å². The first-order valence-corrected chi connectivity index (χ1v) is 8.89. The standard InChI is InChI=1S/C19H24F2N2O2/c20-15-6-5-14(9-16(15)21)19(7-8-19)11-23-18(25)17(22)13-3-1-12(10-24)2-4-13/h5-6,9-10,12-13,17H,1-4,7-8,11,22H2,(H,23,25). The molecule has 0 radical (unpaired) electrons. The highest BCUT2D eigenvalue weighted by Crippen LogP contribution is 2.47. The normalized spacial score (nSPS) is 25.9. The van der Waals surface area contributed by atoms with E-state index in [1.165, 1.54) is 6.07 Å². The van der Waals surface area contributed by atoms with Crippen LogP contribution in [0.2, 0.25) is 0 Å². The minimum Gasteiger partial charge on any atom is -0.354 e. The van der Waals surface area contributed by atoms with Crippen molar-refractivity contribution >= 4 is 12.2 Å². The molecule has 0 aromatic heterocycles. The van der Waals surface area contributed by atoms with E-state index in [-0.39, 0.29) is 23.2 Å². The van der Waals surface area contributed by atoms with Crippen molar-refractivity contribution in [2.24, 2.45) is 17.6 Å². The average Bonchev–Trinajstić information content (AvgIpc) is 3.42. The van der Waals surface area contributed by atoms with Crippen LogP contribution in [-0.4, -0.2) is 24.8 Å². The molecule has 0 bridgehead atoms. The molecule has 1 amide bonds. The summed E-state index contributed by atoms with van der Waals surface area (Å²) < 4.78 is 26.6. The molecule has 136 valence electrons. The van der Waals surface area contributed by atoms with Crippen LogP contribution >= 0.6 is 0 Å². The van der Waals surface area contributed by atoms with Gasteiger partial charge in [0.15, 0.2) is 11.6 Å². The second-order valence-electron chi connectivity index (χ2n) is 7.46. The minimum absolute atomic E-state index is 0.0922. The van der Waals surface area contributed by atoms with Gasteiger partial charge in [-0.2, -0.15) is 0 Å². The predicted molar refractivity (Wildman–Crippen MR) is 89.8 cm³/mol. The molecule has 2 aliphatic carbocycles. The molecule has 2 aliphatic rings. The van der Waals surface area contributed by atoms with Crippen molar-refractivity contribution in [3.8, 4) is 0 Å². The fourth-order valence-corrected chi connectivity index (χ4v) is 3.77. The summed E-state index contributed by atoms with van der Waals surface area (Å²) in [7, 11) is 0. The second kappa shape index (κ2) is 7.20. The molecule has 0 aliphatic heterocycles. The number of amides is 1. The van der Waals surface area contributed by atoms with Gasteiger partial charge in [0, 0.05) is 17.9 Å². The molecule has 0 heterocycles. The zero-order valence-electron chi connectivity index (χ0n) is 14.1. The SMILES string of the molecule is NC(C(=O)NCC1(c2ccc(F)c(F)c2)CC1)C1CCC(C=O)CC1. The summed E-state index contributed by atoms with van der Waals surface area (Å²) in [6.07, 6.45) is 5.79. The van der Waals surface area contributed by atoms with Gasteiger partial charge < -0.3 is 15.8 Å². The summed E-state index contributed by atoms with van der Waals surface area (Å²) in [5.41, 5.74) is 6.51. The van der Waals surface area contributed by atoms with Gasteiger partial charge in [-0.1, -0.05) is 6.07 Å². The molecule has 25 heavy (non-hydrogen) atoms. The molecule has 6 heteroatoms. The van der Waals surface area contributed by atoms with Gasteiger partial charge in [-0.15, -0.1) is 0 Å². The third-order valence-electron chi connectivity index (χ3n) is 5.81. The first kappa shape index (κ1) is 18.0. The lowest BCUT2D eigenvalue weighted by Crippen LogP contribution is -2.48. The Morgan fingerprint density at radius 3 is 2.48 bits per heavy atom. The highest BCUT2D eigenvalue weighted by molar-refractivity contribution is 5.82. The molecule has 0 spiro atoms. The highest BCUT2D eigenvalue weighted by atomic mass is 19.2. The van der Waals surface area contributed by atoms with Crippen LogP contribution in [0.1, 0.15) is 44.1 Å². The fraction of sp³-hybridized carbons (Fsp3) is 0.579. The maximum Gasteiger partial charge on any atom is 0.237 e. The van der Waals surface area contributed by atoms with Crippen molar-refractivity contribution in [2.75, 3.05) is 6.54 Å². The van der Waals surface area contributed by atoms with Gasteiger partial charge in [0.2, 0.25) is 5.91 Å². The number of rotatable bonds is 6. The Bertz CT molecular complexity index is 653. The Morgan fingerprint density at radius 2 is 1.92 bits per heavy atom. The summed E-state index contributed by atoms with van der Waals surface area (Å²) in [5, 5.41) is 2.89. The van der Waals surface area contributed by atoms with Crippen molar-refractivity contribution in [1.82, 2.24) is 5.32 Å². The monoisotopic (exact) mass is 350 g/mol. The van der Waals surface area contributed by atoms with Gasteiger partial charge >= 0.3 is 0 Å². The summed E-state index contributed by atoms with van der Waals surface area (Å²) in [6, 6.07) is 3.34. The highest BCUT2D eigenvalue weighted by Gasteiger charge is 2.45. The molecule has 4 nitrogen and oxygen atoms in total. The van der Waals surface area contributed by atoms with Crippen molar-refractivity contribution in [1.29, 1.82) is 0 Å². The van der Waals surface area contributed by atoms with Crippen LogP contribution in [0.15, 0.2) is 18.2 Å². The van der Waals surface area contributed by atoms with E-state index in [4.69, 9.17) is 5.73 Å². The first-order chi connectivity index (χ1) is 11.9. The number of hydrogen-bond acceptors (Lipinski definition) is 3. The maximum atomic E-state index is 13.5. The van der Waals surface area contributed by atoms with Gasteiger partial charge in [-0.05, 0) is 62.1 Å². The van der Waals surface area contributed by atoms with Crippen molar-refractivity contribution in [3.63, 3.8) is 0 Å². The third kappa shape index (κ3) is 3.89. The maximum absolute atomic E-state index is 13.5. The molecule has 1 atom stereocenters.